The van der Waals surface area contributed by atoms with Crippen LogP contribution >= 0.6 is 0 Å². The molecule has 4 aromatic rings. The van der Waals surface area contributed by atoms with Crippen LogP contribution in [0.2, 0.25) is 0 Å². The molecule has 4 aromatic carbocycles. The number of fused-ring (bicyclic) bond motifs is 2. The molecule has 2 amide bonds. The molecule has 2 aliphatic heterocycles. The number of aliphatic hydroxyl groups excluding tert-OH is 1. The van der Waals surface area contributed by atoms with Crippen molar-refractivity contribution in [2.75, 3.05) is 23.3 Å². The molecule has 0 aliphatic carbocycles. The lowest BCUT2D eigenvalue weighted by atomic mass is 9.94. The fourth-order valence-corrected chi connectivity index (χ4v) is 7.29. The summed E-state index contributed by atoms with van der Waals surface area (Å²) in [7, 11) is -4.43. The number of hydrogen-bond acceptors (Lipinski definition) is 6. The minimum absolute atomic E-state index is 0.0637. The van der Waals surface area contributed by atoms with Crippen molar-refractivity contribution in [2.24, 2.45) is 0 Å². The second-order valence-electron chi connectivity index (χ2n) is 11.2. The smallest absolute Gasteiger partial charge is 0.406 e. The number of benzene rings is 4. The van der Waals surface area contributed by atoms with Gasteiger partial charge in [0, 0.05) is 24.5 Å². The van der Waals surface area contributed by atoms with Gasteiger partial charge in [0.05, 0.1) is 28.8 Å². The van der Waals surface area contributed by atoms with Gasteiger partial charge in [-0.15, -0.1) is 13.2 Å². The summed E-state index contributed by atoms with van der Waals surface area (Å²) in [5, 5.41) is 14.4. The summed E-state index contributed by atoms with van der Waals surface area (Å²) in [4.78, 5) is 16.4. The van der Waals surface area contributed by atoms with Gasteiger partial charge >= 0.3 is 12.4 Å². The normalized spacial score (nSPS) is 19.7. The lowest BCUT2D eigenvalue weighted by Crippen LogP contribution is -2.66. The molecule has 0 spiro atoms. The number of carbonyl (C=O) groups is 1. The minimum Gasteiger partial charge on any atom is -0.406 e. The van der Waals surface area contributed by atoms with E-state index >= 15 is 0 Å². The van der Waals surface area contributed by atoms with Gasteiger partial charge in [0.2, 0.25) is 10.0 Å². The number of para-hydroxylation sites is 3. The first-order valence-corrected chi connectivity index (χ1v) is 16.2. The number of sulfonamides is 1. The van der Waals surface area contributed by atoms with E-state index in [4.69, 9.17) is 0 Å². The van der Waals surface area contributed by atoms with E-state index in [0.717, 1.165) is 46.8 Å². The standard InChI is InChI=1S/C33H30F4N4O5S/c34-25-9-3-4-10-26(25)38-32(43)40-19-27(39-47(44,45)24-17-15-23(16-18-24)46-33(35,36)37)31(42)30(20-40)41-28-11-5-1-7-21(28)13-14-22-8-2-6-12-29(22)41/h1-12,15-18,27,30-31,39,42H,13-14,19-20H2,(H,38,43)/t27-,30?,31+/m1/s1. The van der Waals surface area contributed by atoms with Crippen LogP contribution in [0, 0.1) is 5.82 Å². The maximum atomic E-state index is 14.5. The molecule has 2 heterocycles. The Bertz CT molecular complexity index is 1830. The van der Waals surface area contributed by atoms with E-state index in [-0.39, 0.29) is 23.7 Å². The molecule has 0 radical (unpaired) electrons. The number of nitrogens with one attached hydrogen (secondary N) is 2. The Kier molecular flexibility index (Phi) is 8.83. The predicted octanol–water partition coefficient (Wildman–Crippen LogP) is 5.59. The van der Waals surface area contributed by atoms with Crippen LogP contribution in [0.5, 0.6) is 5.75 Å². The van der Waals surface area contributed by atoms with Gasteiger partial charge in [0.1, 0.15) is 11.6 Å². The summed E-state index contributed by atoms with van der Waals surface area (Å²) in [6, 6.07) is 21.6. The molecule has 3 atom stereocenters. The number of likely N-dealkylation sites (tertiary alicyclic amines) is 1. The van der Waals surface area contributed by atoms with Crippen LogP contribution in [-0.2, 0) is 22.9 Å². The summed E-state index contributed by atoms with van der Waals surface area (Å²) in [6.07, 6.45) is -4.94. The van der Waals surface area contributed by atoms with E-state index in [1.54, 1.807) is 6.07 Å². The number of hydrogen-bond donors (Lipinski definition) is 3. The highest BCUT2D eigenvalue weighted by Gasteiger charge is 2.44. The first-order valence-electron chi connectivity index (χ1n) is 14.7. The van der Waals surface area contributed by atoms with E-state index in [1.165, 1.54) is 23.1 Å². The number of amides is 2. The van der Waals surface area contributed by atoms with Gasteiger partial charge < -0.3 is 25.0 Å². The van der Waals surface area contributed by atoms with Gasteiger partial charge in [-0.25, -0.2) is 22.3 Å². The van der Waals surface area contributed by atoms with Crippen molar-refractivity contribution < 1.29 is 40.6 Å². The van der Waals surface area contributed by atoms with Gasteiger partial charge in [-0.1, -0.05) is 48.5 Å². The Morgan fingerprint density at radius 1 is 0.830 bits per heavy atom. The second-order valence-corrected chi connectivity index (χ2v) is 13.0. The number of alkyl halides is 3. The van der Waals surface area contributed by atoms with Crippen LogP contribution in [0.15, 0.2) is 102 Å². The molecule has 3 N–H and O–H groups in total. The summed E-state index contributed by atoms with van der Waals surface area (Å²) < 4.78 is 85.8. The van der Waals surface area contributed by atoms with Crippen molar-refractivity contribution in [3.8, 4) is 5.75 Å². The number of ether oxygens (including phenoxy) is 1. The highest BCUT2D eigenvalue weighted by molar-refractivity contribution is 7.89. The van der Waals surface area contributed by atoms with Gasteiger partial charge in [-0.05, 0) is 72.5 Å². The molecule has 2 aliphatic rings. The van der Waals surface area contributed by atoms with Crippen molar-refractivity contribution in [3.05, 3.63) is 114 Å². The summed E-state index contributed by atoms with van der Waals surface area (Å²) >= 11 is 0. The third-order valence-corrected chi connectivity index (χ3v) is 9.71. The van der Waals surface area contributed by atoms with E-state index in [2.05, 4.69) is 14.8 Å². The van der Waals surface area contributed by atoms with E-state index in [0.29, 0.717) is 12.8 Å². The molecule has 0 aromatic heterocycles. The van der Waals surface area contributed by atoms with Crippen molar-refractivity contribution in [1.29, 1.82) is 0 Å². The fraction of sp³-hybridized carbons (Fsp3) is 0.242. The zero-order valence-electron chi connectivity index (χ0n) is 24.7. The van der Waals surface area contributed by atoms with Gasteiger partial charge in [-0.2, -0.15) is 0 Å². The maximum Gasteiger partial charge on any atom is 0.573 e. The van der Waals surface area contributed by atoms with Crippen molar-refractivity contribution in [3.63, 3.8) is 0 Å². The maximum absolute atomic E-state index is 14.5. The average molecular weight is 671 g/mol. The monoisotopic (exact) mass is 670 g/mol. The van der Waals surface area contributed by atoms with Gasteiger partial charge in [0.25, 0.3) is 0 Å². The number of rotatable bonds is 6. The summed E-state index contributed by atoms with van der Waals surface area (Å²) in [6.45, 7) is -0.366. The molecule has 6 rings (SSSR count). The van der Waals surface area contributed by atoms with Crippen molar-refractivity contribution in [1.82, 2.24) is 9.62 Å². The number of halogens is 4. The Morgan fingerprint density at radius 3 is 2.00 bits per heavy atom. The zero-order valence-corrected chi connectivity index (χ0v) is 25.5. The van der Waals surface area contributed by atoms with E-state index in [1.807, 2.05) is 53.4 Å². The largest absolute Gasteiger partial charge is 0.573 e. The van der Waals surface area contributed by atoms with Gasteiger partial charge in [0.15, 0.2) is 0 Å². The SMILES string of the molecule is O=C(Nc1ccccc1F)N1CC(N2c3ccccc3CCc3ccccc32)[C@@H](O)[C@H](NS(=O)(=O)c2ccc(OC(F)(F)F)cc2)C1. The molecule has 1 unspecified atom stereocenters. The fourth-order valence-electron chi connectivity index (χ4n) is 6.04. The highest BCUT2D eigenvalue weighted by atomic mass is 32.2. The Labute approximate surface area is 268 Å². The molecule has 0 saturated carbocycles. The van der Waals surface area contributed by atoms with Gasteiger partial charge in [-0.3, -0.25) is 0 Å². The Morgan fingerprint density at radius 2 is 1.40 bits per heavy atom. The van der Waals surface area contributed by atoms with Crippen LogP contribution < -0.4 is 19.7 Å². The van der Waals surface area contributed by atoms with Crippen LogP contribution in [0.1, 0.15) is 11.1 Å². The number of urea groups is 1. The summed E-state index contributed by atoms with van der Waals surface area (Å²) in [5.74, 6) is -1.27. The highest BCUT2D eigenvalue weighted by Crippen LogP contribution is 2.40. The first kappa shape index (κ1) is 32.3. The second kappa shape index (κ2) is 12.9. The summed E-state index contributed by atoms with van der Waals surface area (Å²) in [5.41, 5.74) is 3.45. The topological polar surface area (TPSA) is 111 Å². The third kappa shape index (κ3) is 7.04. The first-order chi connectivity index (χ1) is 22.4. The molecule has 1 saturated heterocycles. The molecule has 0 bridgehead atoms. The van der Waals surface area contributed by atoms with E-state index in [9.17, 15) is 35.9 Å². The van der Waals surface area contributed by atoms with Crippen molar-refractivity contribution >= 4 is 33.1 Å². The predicted molar refractivity (Wildman–Crippen MR) is 166 cm³/mol. The lowest BCUT2D eigenvalue weighted by molar-refractivity contribution is -0.274. The average Bonchev–Trinajstić information content (AvgIpc) is 3.19. The molecule has 9 nitrogen and oxygen atoms in total. The number of aliphatic hydroxyl groups is 1. The van der Waals surface area contributed by atoms with E-state index < -0.39 is 52.2 Å². The Balaban J connectivity index is 1.37. The zero-order chi connectivity index (χ0) is 33.3. The number of aryl methyl sites for hydroxylation is 2. The number of carbonyl (C=O) groups excluding carboxylic acids is 1. The molecule has 47 heavy (non-hydrogen) atoms. The number of anilines is 3. The molecule has 246 valence electrons. The lowest BCUT2D eigenvalue weighted by Gasteiger charge is -2.47. The quantitative estimate of drug-likeness (QED) is 0.231. The number of piperidine rings is 1. The molecule has 14 heteroatoms. The molecular formula is C33H30F4N4O5S. The van der Waals surface area contributed by atoms with Crippen LogP contribution in [-0.4, -0.2) is 62.1 Å². The van der Waals surface area contributed by atoms with Crippen LogP contribution in [0.4, 0.5) is 39.4 Å². The minimum atomic E-state index is -4.96. The van der Waals surface area contributed by atoms with Crippen molar-refractivity contribution in [2.45, 2.75) is 42.3 Å². The Hall–Kier alpha value is -4.66. The van der Waals surface area contributed by atoms with Crippen LogP contribution in [0.25, 0.3) is 0 Å². The third-order valence-electron chi connectivity index (χ3n) is 8.21. The van der Waals surface area contributed by atoms with Crippen LogP contribution in [0.3, 0.4) is 0 Å². The molecule has 1 fully saturated rings. The molecular weight excluding hydrogens is 640 g/mol. The number of nitrogens with zero attached hydrogens (tertiary/aromatic N) is 2.